The van der Waals surface area contributed by atoms with E-state index in [0.29, 0.717) is 26.9 Å². The third-order valence-electron chi connectivity index (χ3n) is 3.38. The minimum atomic E-state index is -1.22. The third-order valence-corrected chi connectivity index (χ3v) is 4.55. The van der Waals surface area contributed by atoms with Gasteiger partial charge in [0.05, 0.1) is 8.95 Å². The number of carbonyl (C=O) groups is 2. The number of amides is 1. The summed E-state index contributed by atoms with van der Waals surface area (Å²) in [5.74, 6) is -1.05. The highest BCUT2D eigenvalue weighted by Gasteiger charge is 2.12. The molecule has 0 bridgehead atoms. The largest absolute Gasteiger partial charge is 0.487 e. The number of halogens is 2. The summed E-state index contributed by atoms with van der Waals surface area (Å²) in [5.41, 5.74) is 2.61. The maximum Gasteiger partial charge on any atom is 0.352 e. The summed E-state index contributed by atoms with van der Waals surface area (Å²) in [6.45, 7) is 3.68. The molecule has 2 aromatic rings. The molecule has 0 aliphatic heterocycles. The molecule has 0 spiro atoms. The smallest absolute Gasteiger partial charge is 0.352 e. The van der Waals surface area contributed by atoms with Crippen LogP contribution in [0.15, 0.2) is 51.0 Å². The molecule has 0 aromatic heterocycles. The highest BCUT2D eigenvalue weighted by molar-refractivity contribution is 9.11. The molecule has 7 heteroatoms. The first-order chi connectivity index (χ1) is 12.3. The van der Waals surface area contributed by atoms with Gasteiger partial charge in [-0.3, -0.25) is 4.79 Å². The molecule has 26 heavy (non-hydrogen) atoms. The van der Waals surface area contributed by atoms with Gasteiger partial charge in [-0.2, -0.15) is 0 Å². The quantitative estimate of drug-likeness (QED) is 0.587. The second kappa shape index (κ2) is 9.00. The van der Waals surface area contributed by atoms with E-state index in [9.17, 15) is 14.7 Å². The van der Waals surface area contributed by atoms with Crippen molar-refractivity contribution in [2.75, 3.05) is 0 Å². The summed E-state index contributed by atoms with van der Waals surface area (Å²) in [7, 11) is 0. The number of aliphatic carboxylic acids is 1. The number of carboxylic acid groups (broad SMARTS) is 1. The highest BCUT2D eigenvalue weighted by Crippen LogP contribution is 2.36. The molecule has 0 unspecified atom stereocenters. The summed E-state index contributed by atoms with van der Waals surface area (Å²) >= 11 is 6.88. The number of ether oxygens (including phenoxy) is 1. The van der Waals surface area contributed by atoms with E-state index < -0.39 is 11.9 Å². The fraction of sp³-hybridized carbons (Fsp3) is 0.158. The first-order valence-corrected chi connectivity index (χ1v) is 9.25. The SMILES string of the molecule is CC(=O)N/C(=C/c1cc(Br)c(OCc2ccc(C)cc2)c(Br)c1)C(=O)O. The van der Waals surface area contributed by atoms with Gasteiger partial charge in [0.1, 0.15) is 18.1 Å². The van der Waals surface area contributed by atoms with E-state index >= 15 is 0 Å². The minimum Gasteiger partial charge on any atom is -0.487 e. The van der Waals surface area contributed by atoms with E-state index in [1.165, 1.54) is 18.6 Å². The lowest BCUT2D eigenvalue weighted by Crippen LogP contribution is -2.24. The molecule has 2 rings (SSSR count). The molecular weight excluding hydrogens is 466 g/mol. The van der Waals surface area contributed by atoms with E-state index in [1.807, 2.05) is 31.2 Å². The predicted octanol–water partition coefficient (Wildman–Crippen LogP) is 4.66. The van der Waals surface area contributed by atoms with Crippen LogP contribution in [0.2, 0.25) is 0 Å². The minimum absolute atomic E-state index is 0.204. The maximum absolute atomic E-state index is 11.2. The first-order valence-electron chi connectivity index (χ1n) is 7.66. The van der Waals surface area contributed by atoms with Gasteiger partial charge in [-0.15, -0.1) is 0 Å². The van der Waals surface area contributed by atoms with Gasteiger partial charge >= 0.3 is 5.97 Å². The van der Waals surface area contributed by atoms with Crippen LogP contribution in [0.5, 0.6) is 5.75 Å². The van der Waals surface area contributed by atoms with Crippen LogP contribution in [-0.2, 0) is 16.2 Å². The van der Waals surface area contributed by atoms with Crippen LogP contribution in [0.1, 0.15) is 23.6 Å². The molecular formula is C19H17Br2NO4. The number of hydrogen-bond donors (Lipinski definition) is 2. The monoisotopic (exact) mass is 481 g/mol. The summed E-state index contributed by atoms with van der Waals surface area (Å²) < 4.78 is 7.19. The molecule has 2 N–H and O–H groups in total. The molecule has 0 heterocycles. The van der Waals surface area contributed by atoms with E-state index in [-0.39, 0.29) is 5.70 Å². The van der Waals surface area contributed by atoms with Crippen molar-refractivity contribution in [1.29, 1.82) is 0 Å². The Morgan fingerprint density at radius 3 is 2.23 bits per heavy atom. The van der Waals surface area contributed by atoms with Crippen molar-refractivity contribution in [3.8, 4) is 5.75 Å². The number of aryl methyl sites for hydroxylation is 1. The number of carboxylic acids is 1. The number of hydrogen-bond acceptors (Lipinski definition) is 3. The van der Waals surface area contributed by atoms with E-state index in [1.54, 1.807) is 12.1 Å². The molecule has 5 nitrogen and oxygen atoms in total. The normalized spacial score (nSPS) is 11.2. The Balaban J connectivity index is 2.22. The Labute approximate surface area is 168 Å². The van der Waals surface area contributed by atoms with Crippen LogP contribution in [0.25, 0.3) is 6.08 Å². The van der Waals surface area contributed by atoms with Gasteiger partial charge in [0.15, 0.2) is 0 Å². The fourth-order valence-electron chi connectivity index (χ4n) is 2.15. The summed E-state index contributed by atoms with van der Waals surface area (Å²) in [5, 5.41) is 11.5. The Bertz CT molecular complexity index is 837. The third kappa shape index (κ3) is 5.71. The van der Waals surface area contributed by atoms with Crippen LogP contribution >= 0.6 is 31.9 Å². The molecule has 0 saturated carbocycles. The number of rotatable bonds is 6. The summed E-state index contributed by atoms with van der Waals surface area (Å²) in [6, 6.07) is 11.5. The van der Waals surface area contributed by atoms with E-state index in [2.05, 4.69) is 37.2 Å². The van der Waals surface area contributed by atoms with Gasteiger partial charge < -0.3 is 15.2 Å². The molecule has 1 amide bonds. The molecule has 0 aliphatic carbocycles. The lowest BCUT2D eigenvalue weighted by molar-refractivity contribution is -0.134. The zero-order chi connectivity index (χ0) is 19.3. The fourth-order valence-corrected chi connectivity index (χ4v) is 3.60. The number of nitrogens with one attached hydrogen (secondary N) is 1. The highest BCUT2D eigenvalue weighted by atomic mass is 79.9. The van der Waals surface area contributed by atoms with E-state index in [4.69, 9.17) is 4.74 Å². The van der Waals surface area contributed by atoms with Gasteiger partial charge in [-0.25, -0.2) is 4.79 Å². The van der Waals surface area contributed by atoms with Crippen LogP contribution in [0.3, 0.4) is 0 Å². The Hall–Kier alpha value is -2.12. The topological polar surface area (TPSA) is 75.6 Å². The zero-order valence-electron chi connectivity index (χ0n) is 14.2. The Morgan fingerprint density at radius 1 is 1.15 bits per heavy atom. The molecule has 0 atom stereocenters. The van der Waals surface area contributed by atoms with Gasteiger partial charge in [-0.1, -0.05) is 29.8 Å². The van der Waals surface area contributed by atoms with Crippen LogP contribution < -0.4 is 10.1 Å². The van der Waals surface area contributed by atoms with Crippen LogP contribution in [0.4, 0.5) is 0 Å². The molecule has 2 aromatic carbocycles. The average Bonchev–Trinajstić information content (AvgIpc) is 2.54. The van der Waals surface area contributed by atoms with Gasteiger partial charge in [0.25, 0.3) is 0 Å². The van der Waals surface area contributed by atoms with Crippen molar-refractivity contribution >= 4 is 49.8 Å². The second-order valence-electron chi connectivity index (χ2n) is 5.63. The first kappa shape index (κ1) is 20.2. The average molecular weight is 483 g/mol. The van der Waals surface area contributed by atoms with Crippen molar-refractivity contribution < 1.29 is 19.4 Å². The molecule has 0 aliphatic rings. The predicted molar refractivity (Wildman–Crippen MR) is 107 cm³/mol. The molecule has 0 radical (unpaired) electrons. The summed E-state index contributed by atoms with van der Waals surface area (Å²) in [4.78, 5) is 22.4. The van der Waals surface area contributed by atoms with Crippen molar-refractivity contribution in [3.05, 3.63) is 67.7 Å². The van der Waals surface area contributed by atoms with Crippen molar-refractivity contribution in [1.82, 2.24) is 5.32 Å². The van der Waals surface area contributed by atoms with Gasteiger partial charge in [-0.05, 0) is 68.1 Å². The van der Waals surface area contributed by atoms with E-state index in [0.717, 1.165) is 5.56 Å². The van der Waals surface area contributed by atoms with Gasteiger partial charge in [0.2, 0.25) is 5.91 Å². The maximum atomic E-state index is 11.2. The van der Waals surface area contributed by atoms with Gasteiger partial charge in [0, 0.05) is 6.92 Å². The lowest BCUT2D eigenvalue weighted by atomic mass is 10.1. The standard InChI is InChI=1S/C19H17Br2NO4/c1-11-3-5-13(6-4-11)10-26-18-15(20)7-14(8-16(18)21)9-17(19(24)25)22-12(2)23/h3-9H,10H2,1-2H3,(H,22,23)(H,24,25)/b17-9+. The lowest BCUT2D eigenvalue weighted by Gasteiger charge is -2.12. The van der Waals surface area contributed by atoms with Crippen molar-refractivity contribution in [2.45, 2.75) is 20.5 Å². The Morgan fingerprint density at radius 2 is 1.73 bits per heavy atom. The van der Waals surface area contributed by atoms with Crippen molar-refractivity contribution in [3.63, 3.8) is 0 Å². The number of carbonyl (C=O) groups excluding carboxylic acids is 1. The van der Waals surface area contributed by atoms with Crippen molar-refractivity contribution in [2.24, 2.45) is 0 Å². The van der Waals surface area contributed by atoms with Crippen LogP contribution in [-0.4, -0.2) is 17.0 Å². The number of benzene rings is 2. The zero-order valence-corrected chi connectivity index (χ0v) is 17.3. The Kier molecular flexibility index (Phi) is 6.99. The second-order valence-corrected chi connectivity index (χ2v) is 7.34. The molecule has 136 valence electrons. The molecule has 0 fully saturated rings. The summed E-state index contributed by atoms with van der Waals surface area (Å²) in [6.07, 6.45) is 1.38. The van der Waals surface area contributed by atoms with Crippen LogP contribution in [0, 0.1) is 6.92 Å². The molecule has 0 saturated heterocycles.